The van der Waals surface area contributed by atoms with E-state index in [0.717, 1.165) is 0 Å². The molecule has 0 heterocycles. The summed E-state index contributed by atoms with van der Waals surface area (Å²) in [6.07, 6.45) is 0.571. The van der Waals surface area contributed by atoms with E-state index < -0.39 is 0 Å². The second-order valence-corrected chi connectivity index (χ2v) is 2.77. The molecule has 0 saturated heterocycles. The molecule has 0 radical (unpaired) electrons. The smallest absolute Gasteiger partial charge is 0.210 e. The van der Waals surface area contributed by atoms with Gasteiger partial charge in [-0.25, -0.2) is 0 Å². The number of rotatable bonds is 4. The molecule has 0 aliphatic rings. The molecule has 0 aliphatic carbocycles. The maximum Gasteiger partial charge on any atom is 0.210 e. The maximum atomic E-state index is 11.8. The van der Waals surface area contributed by atoms with Gasteiger partial charge in [0.25, 0.3) is 0 Å². The van der Waals surface area contributed by atoms with Crippen molar-refractivity contribution >= 4 is 11.5 Å². The molecule has 74 valence electrons. The molecular formula is C11H13NO2. The van der Waals surface area contributed by atoms with Gasteiger partial charge < -0.3 is 4.84 Å². The van der Waals surface area contributed by atoms with Crippen LogP contribution in [-0.2, 0) is 4.84 Å². The van der Waals surface area contributed by atoms with Gasteiger partial charge in [0.05, 0.1) is 0 Å². The highest BCUT2D eigenvalue weighted by atomic mass is 16.6. The second kappa shape index (κ2) is 5.17. The molecule has 3 nitrogen and oxygen atoms in total. The molecule has 0 amide bonds. The minimum absolute atomic E-state index is 0.0741. The molecule has 1 aromatic rings. The Balaban J connectivity index is 2.90. The Kier molecular flexibility index (Phi) is 3.85. The molecule has 0 saturated carbocycles. The number of ketones is 1. The molecule has 1 rings (SSSR count). The van der Waals surface area contributed by atoms with Gasteiger partial charge in [0.1, 0.15) is 12.8 Å². The van der Waals surface area contributed by atoms with Crippen LogP contribution in [0.5, 0.6) is 0 Å². The van der Waals surface area contributed by atoms with E-state index in [1.807, 2.05) is 25.1 Å². The largest absolute Gasteiger partial charge is 0.399 e. The summed E-state index contributed by atoms with van der Waals surface area (Å²) in [5, 5.41) is 3.69. The molecular weight excluding hydrogens is 178 g/mol. The Bertz CT molecular complexity index is 330. The van der Waals surface area contributed by atoms with Gasteiger partial charge in [0, 0.05) is 5.56 Å². The van der Waals surface area contributed by atoms with Crippen molar-refractivity contribution < 1.29 is 9.63 Å². The minimum atomic E-state index is -0.0741. The third-order valence-electron chi connectivity index (χ3n) is 1.83. The number of Topliss-reactive ketones (excluding diaryl/α,β-unsaturated/α-hetero) is 1. The third-order valence-corrected chi connectivity index (χ3v) is 1.83. The number of hydrogen-bond donors (Lipinski definition) is 0. The normalized spacial score (nSPS) is 11.1. The highest BCUT2D eigenvalue weighted by Gasteiger charge is 2.11. The average Bonchev–Trinajstić information content (AvgIpc) is 2.26. The molecule has 0 spiro atoms. The van der Waals surface area contributed by atoms with Gasteiger partial charge in [-0.1, -0.05) is 42.4 Å². The molecule has 14 heavy (non-hydrogen) atoms. The van der Waals surface area contributed by atoms with Gasteiger partial charge in [-0.3, -0.25) is 4.79 Å². The van der Waals surface area contributed by atoms with Crippen LogP contribution in [0, 0.1) is 0 Å². The second-order valence-electron chi connectivity index (χ2n) is 2.77. The van der Waals surface area contributed by atoms with Crippen LogP contribution < -0.4 is 0 Å². The van der Waals surface area contributed by atoms with Crippen molar-refractivity contribution in [1.82, 2.24) is 0 Å². The predicted octanol–water partition coefficient (Wildman–Crippen LogP) is 2.28. The fraction of sp³-hybridized carbons (Fsp3) is 0.273. The van der Waals surface area contributed by atoms with Crippen molar-refractivity contribution in [3.05, 3.63) is 35.9 Å². The van der Waals surface area contributed by atoms with Crippen LogP contribution in [0.15, 0.2) is 35.5 Å². The summed E-state index contributed by atoms with van der Waals surface area (Å²) in [5.41, 5.74) is 1.09. The van der Waals surface area contributed by atoms with Gasteiger partial charge in [-0.2, -0.15) is 0 Å². The van der Waals surface area contributed by atoms with Crippen molar-refractivity contribution in [2.24, 2.45) is 5.16 Å². The predicted molar refractivity (Wildman–Crippen MR) is 55.5 cm³/mol. The molecule has 0 N–H and O–H groups in total. The molecule has 0 fully saturated rings. The van der Waals surface area contributed by atoms with Crippen molar-refractivity contribution in [3.8, 4) is 0 Å². The average molecular weight is 191 g/mol. The van der Waals surface area contributed by atoms with Gasteiger partial charge in [-0.05, 0) is 6.42 Å². The Morgan fingerprint density at radius 3 is 2.50 bits per heavy atom. The zero-order valence-corrected chi connectivity index (χ0v) is 8.36. The molecule has 0 aliphatic heterocycles. The van der Waals surface area contributed by atoms with Crippen molar-refractivity contribution in [1.29, 1.82) is 0 Å². The molecule has 0 atom stereocenters. The summed E-state index contributed by atoms with van der Waals surface area (Å²) in [7, 11) is 1.44. The van der Waals surface area contributed by atoms with Gasteiger partial charge in [0.15, 0.2) is 0 Å². The number of carbonyl (C=O) groups is 1. The first-order chi connectivity index (χ1) is 6.79. The topological polar surface area (TPSA) is 38.7 Å². The molecule has 1 aromatic carbocycles. The van der Waals surface area contributed by atoms with Gasteiger partial charge in [0.2, 0.25) is 5.78 Å². The summed E-state index contributed by atoms with van der Waals surface area (Å²) in [6, 6.07) is 9.06. The van der Waals surface area contributed by atoms with E-state index in [4.69, 9.17) is 0 Å². The number of carbonyl (C=O) groups excluding carboxylic acids is 1. The third kappa shape index (κ3) is 2.42. The monoisotopic (exact) mass is 191 g/mol. The fourth-order valence-corrected chi connectivity index (χ4v) is 1.13. The first-order valence-electron chi connectivity index (χ1n) is 4.49. The van der Waals surface area contributed by atoms with Crippen LogP contribution in [0.4, 0.5) is 0 Å². The number of nitrogens with zero attached hydrogens (tertiary/aromatic N) is 1. The van der Waals surface area contributed by atoms with E-state index in [0.29, 0.717) is 17.7 Å². The van der Waals surface area contributed by atoms with E-state index >= 15 is 0 Å². The lowest BCUT2D eigenvalue weighted by molar-refractivity contribution is 0.105. The number of oxime groups is 1. The summed E-state index contributed by atoms with van der Waals surface area (Å²) >= 11 is 0. The van der Waals surface area contributed by atoms with E-state index in [1.165, 1.54) is 7.11 Å². The van der Waals surface area contributed by atoms with Crippen molar-refractivity contribution in [3.63, 3.8) is 0 Å². The Labute approximate surface area is 83.4 Å². The van der Waals surface area contributed by atoms with E-state index in [-0.39, 0.29) is 5.78 Å². The van der Waals surface area contributed by atoms with Crippen molar-refractivity contribution in [2.75, 3.05) is 7.11 Å². The summed E-state index contributed by atoms with van der Waals surface area (Å²) in [5.74, 6) is -0.0741. The summed E-state index contributed by atoms with van der Waals surface area (Å²) < 4.78 is 0. The van der Waals surface area contributed by atoms with Crippen LogP contribution >= 0.6 is 0 Å². The highest BCUT2D eigenvalue weighted by molar-refractivity contribution is 6.45. The summed E-state index contributed by atoms with van der Waals surface area (Å²) in [4.78, 5) is 16.4. The standard InChI is InChI=1S/C11H13NO2/c1-3-10(12-14-2)11(13)9-7-5-4-6-8-9/h4-8H,3H2,1-2H3/b12-10+. The first-order valence-corrected chi connectivity index (χ1v) is 4.49. The zero-order chi connectivity index (χ0) is 10.4. The van der Waals surface area contributed by atoms with Gasteiger partial charge >= 0.3 is 0 Å². The van der Waals surface area contributed by atoms with Gasteiger partial charge in [-0.15, -0.1) is 0 Å². The number of benzene rings is 1. The first kappa shape index (κ1) is 10.4. The Morgan fingerprint density at radius 2 is 2.00 bits per heavy atom. The van der Waals surface area contributed by atoms with E-state index in [1.54, 1.807) is 12.1 Å². The lowest BCUT2D eigenvalue weighted by Gasteiger charge is -2.01. The molecule has 0 aromatic heterocycles. The minimum Gasteiger partial charge on any atom is -0.399 e. The number of hydrogen-bond acceptors (Lipinski definition) is 3. The summed E-state index contributed by atoms with van der Waals surface area (Å²) in [6.45, 7) is 1.87. The highest BCUT2D eigenvalue weighted by Crippen LogP contribution is 2.03. The van der Waals surface area contributed by atoms with E-state index in [9.17, 15) is 4.79 Å². The Morgan fingerprint density at radius 1 is 1.36 bits per heavy atom. The van der Waals surface area contributed by atoms with Crippen LogP contribution in [0.2, 0.25) is 0 Å². The zero-order valence-electron chi connectivity index (χ0n) is 8.36. The van der Waals surface area contributed by atoms with Crippen molar-refractivity contribution in [2.45, 2.75) is 13.3 Å². The van der Waals surface area contributed by atoms with Crippen LogP contribution in [-0.4, -0.2) is 18.6 Å². The Hall–Kier alpha value is -1.64. The lowest BCUT2D eigenvalue weighted by Crippen LogP contribution is -2.13. The molecule has 3 heteroatoms. The quantitative estimate of drug-likeness (QED) is 0.416. The van der Waals surface area contributed by atoms with Crippen LogP contribution in [0.25, 0.3) is 0 Å². The SMILES string of the molecule is CC/C(=N\OC)C(=O)c1ccccc1. The molecule has 0 unspecified atom stereocenters. The fourth-order valence-electron chi connectivity index (χ4n) is 1.13. The van der Waals surface area contributed by atoms with Crippen LogP contribution in [0.1, 0.15) is 23.7 Å². The molecule has 0 bridgehead atoms. The van der Waals surface area contributed by atoms with Crippen LogP contribution in [0.3, 0.4) is 0 Å². The maximum absolute atomic E-state index is 11.8. The lowest BCUT2D eigenvalue weighted by atomic mass is 10.1. The van der Waals surface area contributed by atoms with E-state index in [2.05, 4.69) is 9.99 Å².